The van der Waals surface area contributed by atoms with E-state index in [4.69, 9.17) is 9.84 Å². The van der Waals surface area contributed by atoms with Gasteiger partial charge in [0.1, 0.15) is 11.1 Å². The smallest absolute Gasteiger partial charge is 0.319 e. The van der Waals surface area contributed by atoms with Crippen LogP contribution in [0.15, 0.2) is 29.2 Å². The monoisotopic (exact) mass is 230 g/mol. The summed E-state index contributed by atoms with van der Waals surface area (Å²) in [6.07, 6.45) is 0. The predicted octanol–water partition coefficient (Wildman–Crippen LogP) is 2.02. The molecule has 0 fully saturated rings. The molecule has 3 nitrogen and oxygen atoms in total. The Balaban J connectivity index is 2.69. The first-order valence-electron chi connectivity index (χ1n) is 4.27. The van der Waals surface area contributed by atoms with Gasteiger partial charge in [-0.05, 0) is 18.2 Å². The lowest BCUT2D eigenvalue weighted by Crippen LogP contribution is -2.21. The van der Waals surface area contributed by atoms with Gasteiger partial charge in [-0.1, -0.05) is 6.07 Å². The zero-order valence-corrected chi connectivity index (χ0v) is 8.96. The van der Waals surface area contributed by atoms with Crippen molar-refractivity contribution in [3.63, 3.8) is 0 Å². The van der Waals surface area contributed by atoms with Gasteiger partial charge in [0.05, 0.1) is 6.61 Å². The molecule has 82 valence electrons. The molecule has 0 aliphatic heterocycles. The Morgan fingerprint density at radius 3 is 2.93 bits per heavy atom. The molecule has 0 radical (unpaired) electrons. The molecule has 0 aromatic heterocycles. The Morgan fingerprint density at radius 2 is 2.40 bits per heavy atom. The van der Waals surface area contributed by atoms with E-state index in [1.165, 1.54) is 19.2 Å². The van der Waals surface area contributed by atoms with Gasteiger partial charge in [-0.2, -0.15) is 0 Å². The highest BCUT2D eigenvalue weighted by Gasteiger charge is 2.18. The lowest BCUT2D eigenvalue weighted by molar-refractivity contribution is -0.137. The predicted molar refractivity (Wildman–Crippen MR) is 55.6 cm³/mol. The Kier molecular flexibility index (Phi) is 4.58. The molecule has 1 aromatic carbocycles. The minimum absolute atomic E-state index is 0.0938. The van der Waals surface area contributed by atoms with Crippen molar-refractivity contribution < 1.29 is 19.0 Å². The largest absolute Gasteiger partial charge is 0.480 e. The molecule has 0 amide bonds. The molecule has 1 rings (SSSR count). The quantitative estimate of drug-likeness (QED) is 0.786. The molecule has 5 heteroatoms. The van der Waals surface area contributed by atoms with Gasteiger partial charge in [0, 0.05) is 12.0 Å². The number of benzene rings is 1. The van der Waals surface area contributed by atoms with Gasteiger partial charge >= 0.3 is 5.97 Å². The average molecular weight is 230 g/mol. The minimum Gasteiger partial charge on any atom is -0.480 e. The molecule has 0 aliphatic carbocycles. The summed E-state index contributed by atoms with van der Waals surface area (Å²) in [5.74, 6) is -1.34. The van der Waals surface area contributed by atoms with Gasteiger partial charge in [0.2, 0.25) is 0 Å². The number of thioether (sulfide) groups is 1. The van der Waals surface area contributed by atoms with Crippen molar-refractivity contribution in [2.75, 3.05) is 13.7 Å². The Morgan fingerprint density at radius 1 is 1.67 bits per heavy atom. The molecule has 1 unspecified atom stereocenters. The van der Waals surface area contributed by atoms with Crippen molar-refractivity contribution in [2.45, 2.75) is 10.1 Å². The number of hydrogen-bond acceptors (Lipinski definition) is 3. The molecule has 0 saturated heterocycles. The fraction of sp³-hybridized carbons (Fsp3) is 0.300. The molecule has 0 aliphatic rings. The highest BCUT2D eigenvalue weighted by Crippen LogP contribution is 2.24. The van der Waals surface area contributed by atoms with Gasteiger partial charge < -0.3 is 9.84 Å². The molecule has 0 bridgehead atoms. The van der Waals surface area contributed by atoms with Crippen molar-refractivity contribution in [2.24, 2.45) is 0 Å². The first kappa shape index (κ1) is 12.0. The van der Waals surface area contributed by atoms with E-state index in [9.17, 15) is 9.18 Å². The van der Waals surface area contributed by atoms with Gasteiger partial charge in [0.25, 0.3) is 0 Å². The molecular formula is C10H11FO3S. The van der Waals surface area contributed by atoms with Crippen LogP contribution < -0.4 is 0 Å². The third-order valence-corrected chi connectivity index (χ3v) is 2.82. The number of ether oxygens (including phenoxy) is 1. The van der Waals surface area contributed by atoms with E-state index in [1.807, 2.05) is 0 Å². The van der Waals surface area contributed by atoms with E-state index in [2.05, 4.69) is 0 Å². The van der Waals surface area contributed by atoms with Crippen molar-refractivity contribution in [3.8, 4) is 0 Å². The standard InChI is InChI=1S/C10H11FO3S/c1-14-6-9(10(12)13)15-8-4-2-3-7(11)5-8/h2-5,9H,6H2,1H3,(H,12,13). The van der Waals surface area contributed by atoms with E-state index in [0.717, 1.165) is 11.8 Å². The Labute approximate surface area is 91.2 Å². The SMILES string of the molecule is COCC(Sc1cccc(F)c1)C(=O)O. The normalized spacial score (nSPS) is 12.4. The van der Waals surface area contributed by atoms with E-state index in [1.54, 1.807) is 12.1 Å². The van der Waals surface area contributed by atoms with E-state index in [-0.39, 0.29) is 12.4 Å². The summed E-state index contributed by atoms with van der Waals surface area (Å²) < 4.78 is 17.6. The van der Waals surface area contributed by atoms with Crippen molar-refractivity contribution in [1.82, 2.24) is 0 Å². The van der Waals surface area contributed by atoms with Crippen LogP contribution in [0.2, 0.25) is 0 Å². The maximum absolute atomic E-state index is 12.8. The number of carboxylic acid groups (broad SMARTS) is 1. The number of carboxylic acids is 1. The van der Waals surface area contributed by atoms with Crippen molar-refractivity contribution in [1.29, 1.82) is 0 Å². The van der Waals surface area contributed by atoms with Crippen molar-refractivity contribution in [3.05, 3.63) is 30.1 Å². The van der Waals surface area contributed by atoms with Gasteiger partial charge in [-0.15, -0.1) is 11.8 Å². The fourth-order valence-corrected chi connectivity index (χ4v) is 1.98. The topological polar surface area (TPSA) is 46.5 Å². The molecule has 0 heterocycles. The Bertz CT molecular complexity index is 343. The second-order valence-corrected chi connectivity index (χ2v) is 4.13. The van der Waals surface area contributed by atoms with E-state index in [0.29, 0.717) is 4.90 Å². The summed E-state index contributed by atoms with van der Waals surface area (Å²) in [6, 6.07) is 5.83. The van der Waals surface area contributed by atoms with E-state index < -0.39 is 11.2 Å². The summed E-state index contributed by atoms with van der Waals surface area (Å²) >= 11 is 1.07. The summed E-state index contributed by atoms with van der Waals surface area (Å²) in [4.78, 5) is 11.4. The van der Waals surface area contributed by atoms with Gasteiger partial charge in [-0.3, -0.25) is 4.79 Å². The third-order valence-electron chi connectivity index (χ3n) is 1.67. The Hall–Kier alpha value is -1.07. The number of carbonyl (C=O) groups is 1. The zero-order valence-electron chi connectivity index (χ0n) is 8.14. The van der Waals surface area contributed by atoms with Crippen LogP contribution >= 0.6 is 11.8 Å². The van der Waals surface area contributed by atoms with Crippen LogP contribution in [0.1, 0.15) is 0 Å². The van der Waals surface area contributed by atoms with Crippen LogP contribution in [0.3, 0.4) is 0 Å². The fourth-order valence-electron chi connectivity index (χ4n) is 1.01. The van der Waals surface area contributed by atoms with Crippen LogP contribution in [0, 0.1) is 5.82 Å². The first-order valence-corrected chi connectivity index (χ1v) is 5.15. The average Bonchev–Trinajstić information content (AvgIpc) is 2.17. The van der Waals surface area contributed by atoms with Crippen LogP contribution in [0.5, 0.6) is 0 Å². The van der Waals surface area contributed by atoms with Crippen LogP contribution in [0.25, 0.3) is 0 Å². The van der Waals surface area contributed by atoms with Gasteiger partial charge in [-0.25, -0.2) is 4.39 Å². The van der Waals surface area contributed by atoms with Gasteiger partial charge in [0.15, 0.2) is 0 Å². The second kappa shape index (κ2) is 5.72. The second-order valence-electron chi connectivity index (χ2n) is 2.86. The number of methoxy groups -OCH3 is 1. The molecule has 1 aromatic rings. The lowest BCUT2D eigenvalue weighted by atomic mass is 10.3. The van der Waals surface area contributed by atoms with E-state index >= 15 is 0 Å². The number of halogens is 1. The number of aliphatic carboxylic acids is 1. The van der Waals surface area contributed by atoms with Crippen molar-refractivity contribution >= 4 is 17.7 Å². The summed E-state index contributed by atoms with van der Waals surface area (Å²) in [5, 5.41) is 8.13. The maximum Gasteiger partial charge on any atom is 0.319 e. The maximum atomic E-state index is 12.8. The molecule has 0 spiro atoms. The molecular weight excluding hydrogens is 219 g/mol. The zero-order chi connectivity index (χ0) is 11.3. The molecule has 0 saturated carbocycles. The highest BCUT2D eigenvalue weighted by atomic mass is 32.2. The summed E-state index contributed by atoms with van der Waals surface area (Å²) in [6.45, 7) is 0.0938. The number of rotatable bonds is 5. The highest BCUT2D eigenvalue weighted by molar-refractivity contribution is 8.00. The molecule has 1 N–H and O–H groups in total. The van der Waals surface area contributed by atoms with Crippen LogP contribution in [-0.4, -0.2) is 30.0 Å². The number of hydrogen-bond donors (Lipinski definition) is 1. The van der Waals surface area contributed by atoms with Crippen LogP contribution in [0.4, 0.5) is 4.39 Å². The molecule has 1 atom stereocenters. The minimum atomic E-state index is -0.967. The molecule has 15 heavy (non-hydrogen) atoms. The van der Waals surface area contributed by atoms with Crippen LogP contribution in [-0.2, 0) is 9.53 Å². The summed E-state index contributed by atoms with van der Waals surface area (Å²) in [7, 11) is 1.43. The lowest BCUT2D eigenvalue weighted by Gasteiger charge is -2.10. The third kappa shape index (κ3) is 3.89. The summed E-state index contributed by atoms with van der Waals surface area (Å²) in [5.41, 5.74) is 0. The first-order chi connectivity index (χ1) is 7.13.